The zero-order valence-corrected chi connectivity index (χ0v) is 9.07. The Kier molecular flexibility index (Phi) is 5.23. The monoisotopic (exact) mass is 207 g/mol. The van der Waals surface area contributed by atoms with Gasteiger partial charge in [0.15, 0.2) is 0 Å². The summed E-state index contributed by atoms with van der Waals surface area (Å²) in [5.41, 5.74) is -0.254. The van der Waals surface area contributed by atoms with Gasteiger partial charge < -0.3 is 10.1 Å². The average molecular weight is 207 g/mol. The zero-order chi connectivity index (χ0) is 11.2. The Balaban J connectivity index is 3.78. The Bertz CT molecular complexity index is 181. The van der Waals surface area contributed by atoms with Crippen molar-refractivity contribution in [3.8, 4) is 0 Å². The van der Waals surface area contributed by atoms with E-state index < -0.39 is 12.5 Å². The summed E-state index contributed by atoms with van der Waals surface area (Å²) < 4.78 is 30.7. The van der Waals surface area contributed by atoms with E-state index in [4.69, 9.17) is 4.74 Å². The van der Waals surface area contributed by atoms with Crippen molar-refractivity contribution in [2.24, 2.45) is 5.41 Å². The van der Waals surface area contributed by atoms with Gasteiger partial charge in [0.1, 0.15) is 6.61 Å². The Morgan fingerprint density at radius 1 is 1.36 bits per heavy atom. The summed E-state index contributed by atoms with van der Waals surface area (Å²) in [6.45, 7) is 6.72. The Morgan fingerprint density at radius 3 is 2.36 bits per heavy atom. The van der Waals surface area contributed by atoms with Gasteiger partial charge in [-0.2, -0.15) is 0 Å². The van der Waals surface area contributed by atoms with Crippen molar-refractivity contribution in [3.05, 3.63) is 12.7 Å². The molecule has 0 aromatic rings. The predicted octanol–water partition coefficient (Wildman–Crippen LogP) is 2.07. The Labute approximate surface area is 84.3 Å². The van der Waals surface area contributed by atoms with E-state index in [-0.39, 0.29) is 18.6 Å². The zero-order valence-electron chi connectivity index (χ0n) is 9.07. The van der Waals surface area contributed by atoms with E-state index in [9.17, 15) is 8.78 Å². The number of halogens is 2. The van der Waals surface area contributed by atoms with Gasteiger partial charge in [0.05, 0.1) is 13.2 Å². The van der Waals surface area contributed by atoms with E-state index in [0.29, 0.717) is 0 Å². The number of ether oxygens (including phenoxy) is 1. The smallest absolute Gasteiger partial charge is 0.283 e. The lowest BCUT2D eigenvalue weighted by Crippen LogP contribution is -2.36. The molecule has 0 aliphatic carbocycles. The molecule has 0 fully saturated rings. The van der Waals surface area contributed by atoms with Crippen LogP contribution in [0.4, 0.5) is 8.78 Å². The lowest BCUT2D eigenvalue weighted by molar-refractivity contribution is -0.0831. The van der Waals surface area contributed by atoms with E-state index in [1.165, 1.54) is 7.05 Å². The molecule has 0 heterocycles. The normalized spacial score (nSPS) is 12.9. The molecule has 0 bridgehead atoms. The van der Waals surface area contributed by atoms with Crippen LogP contribution in [-0.2, 0) is 4.74 Å². The summed E-state index contributed by atoms with van der Waals surface area (Å²) in [5.74, 6) is -2.80. The first-order valence-corrected chi connectivity index (χ1v) is 4.57. The van der Waals surface area contributed by atoms with Crippen LogP contribution in [0, 0.1) is 5.41 Å². The van der Waals surface area contributed by atoms with Gasteiger partial charge in [-0.1, -0.05) is 19.9 Å². The number of nitrogens with one attached hydrogen (secondary N) is 1. The average Bonchev–Trinajstić information content (AvgIpc) is 2.03. The van der Waals surface area contributed by atoms with Gasteiger partial charge in [-0.3, -0.25) is 0 Å². The highest BCUT2D eigenvalue weighted by atomic mass is 19.3. The molecule has 0 aliphatic heterocycles. The van der Waals surface area contributed by atoms with Crippen molar-refractivity contribution in [3.63, 3.8) is 0 Å². The molecule has 0 radical (unpaired) electrons. The molecule has 0 saturated carbocycles. The quantitative estimate of drug-likeness (QED) is 0.645. The van der Waals surface area contributed by atoms with Crippen molar-refractivity contribution in [2.75, 3.05) is 26.8 Å². The molecule has 0 amide bonds. The van der Waals surface area contributed by atoms with Gasteiger partial charge in [-0.05, 0) is 7.05 Å². The second-order valence-electron chi connectivity index (χ2n) is 4.07. The third-order valence-corrected chi connectivity index (χ3v) is 1.78. The SMILES string of the molecule is C=CC(C)(C)COCC(F)(F)CNC. The van der Waals surface area contributed by atoms with Crippen LogP contribution >= 0.6 is 0 Å². The molecule has 0 aromatic heterocycles. The minimum Gasteiger partial charge on any atom is -0.374 e. The van der Waals surface area contributed by atoms with Crippen molar-refractivity contribution >= 4 is 0 Å². The van der Waals surface area contributed by atoms with Crippen molar-refractivity contribution in [2.45, 2.75) is 19.8 Å². The summed E-state index contributed by atoms with van der Waals surface area (Å²) in [5, 5.41) is 2.42. The molecule has 84 valence electrons. The number of hydrogen-bond acceptors (Lipinski definition) is 2. The molecular formula is C10H19F2NO. The highest BCUT2D eigenvalue weighted by Gasteiger charge is 2.29. The lowest BCUT2D eigenvalue weighted by atomic mass is 9.95. The molecule has 0 saturated heterocycles. The first-order valence-electron chi connectivity index (χ1n) is 4.57. The van der Waals surface area contributed by atoms with E-state index >= 15 is 0 Å². The summed E-state index contributed by atoms with van der Waals surface area (Å²) in [6.07, 6.45) is 1.70. The maximum atomic E-state index is 12.9. The van der Waals surface area contributed by atoms with Crippen molar-refractivity contribution < 1.29 is 13.5 Å². The minimum atomic E-state index is -2.80. The third-order valence-electron chi connectivity index (χ3n) is 1.78. The first kappa shape index (κ1) is 13.5. The van der Waals surface area contributed by atoms with E-state index in [0.717, 1.165) is 0 Å². The summed E-state index contributed by atoms with van der Waals surface area (Å²) in [7, 11) is 1.49. The second-order valence-corrected chi connectivity index (χ2v) is 4.07. The standard InChI is InChI=1S/C10H19F2NO/c1-5-9(2,3)7-14-8-10(11,12)6-13-4/h5,13H,1,6-8H2,2-4H3. The molecule has 2 nitrogen and oxygen atoms in total. The molecule has 0 atom stereocenters. The predicted molar refractivity (Wildman–Crippen MR) is 53.7 cm³/mol. The van der Waals surface area contributed by atoms with Crippen LogP contribution in [0.15, 0.2) is 12.7 Å². The van der Waals surface area contributed by atoms with Crippen LogP contribution in [0.5, 0.6) is 0 Å². The minimum absolute atomic E-state index is 0.254. The molecular weight excluding hydrogens is 188 g/mol. The van der Waals surface area contributed by atoms with Crippen LogP contribution in [-0.4, -0.2) is 32.7 Å². The Hall–Kier alpha value is -0.480. The largest absolute Gasteiger partial charge is 0.374 e. The maximum Gasteiger partial charge on any atom is 0.283 e. The van der Waals surface area contributed by atoms with Crippen LogP contribution in [0.1, 0.15) is 13.8 Å². The van der Waals surface area contributed by atoms with Gasteiger partial charge >= 0.3 is 0 Å². The number of rotatable bonds is 7. The van der Waals surface area contributed by atoms with Gasteiger partial charge in [0.25, 0.3) is 5.92 Å². The fourth-order valence-corrected chi connectivity index (χ4v) is 0.832. The summed E-state index contributed by atoms with van der Waals surface area (Å²) in [4.78, 5) is 0. The lowest BCUT2D eigenvalue weighted by Gasteiger charge is -2.22. The summed E-state index contributed by atoms with van der Waals surface area (Å²) >= 11 is 0. The van der Waals surface area contributed by atoms with Gasteiger partial charge in [0, 0.05) is 5.41 Å². The van der Waals surface area contributed by atoms with Crippen molar-refractivity contribution in [1.29, 1.82) is 0 Å². The fraction of sp³-hybridized carbons (Fsp3) is 0.800. The van der Waals surface area contributed by atoms with Gasteiger partial charge in [-0.15, -0.1) is 6.58 Å². The molecule has 14 heavy (non-hydrogen) atoms. The van der Waals surface area contributed by atoms with Crippen LogP contribution in [0.25, 0.3) is 0 Å². The van der Waals surface area contributed by atoms with E-state index in [2.05, 4.69) is 11.9 Å². The van der Waals surface area contributed by atoms with Crippen LogP contribution in [0.3, 0.4) is 0 Å². The van der Waals surface area contributed by atoms with Crippen LogP contribution < -0.4 is 5.32 Å². The molecule has 0 rings (SSSR count). The molecule has 4 heteroatoms. The van der Waals surface area contributed by atoms with Gasteiger partial charge in [0.2, 0.25) is 0 Å². The number of alkyl halides is 2. The first-order chi connectivity index (χ1) is 6.33. The van der Waals surface area contributed by atoms with E-state index in [1.807, 2.05) is 13.8 Å². The number of hydrogen-bond donors (Lipinski definition) is 1. The molecule has 0 aromatic carbocycles. The van der Waals surface area contributed by atoms with Gasteiger partial charge in [-0.25, -0.2) is 8.78 Å². The third kappa shape index (κ3) is 6.05. The maximum absolute atomic E-state index is 12.9. The fourth-order valence-electron chi connectivity index (χ4n) is 0.832. The summed E-state index contributed by atoms with van der Waals surface area (Å²) in [6, 6.07) is 0. The molecule has 0 unspecified atom stereocenters. The highest BCUT2D eigenvalue weighted by molar-refractivity contribution is 4.87. The topological polar surface area (TPSA) is 21.3 Å². The van der Waals surface area contributed by atoms with Crippen molar-refractivity contribution in [1.82, 2.24) is 5.32 Å². The van der Waals surface area contributed by atoms with E-state index in [1.54, 1.807) is 6.08 Å². The Morgan fingerprint density at radius 2 is 1.93 bits per heavy atom. The van der Waals surface area contributed by atoms with Crippen LogP contribution in [0.2, 0.25) is 0 Å². The second kappa shape index (κ2) is 5.41. The molecule has 0 spiro atoms. The molecule has 0 aliphatic rings. The molecule has 1 N–H and O–H groups in total. The highest BCUT2D eigenvalue weighted by Crippen LogP contribution is 2.18.